The van der Waals surface area contributed by atoms with Gasteiger partial charge in [0.15, 0.2) is 0 Å². The van der Waals surface area contributed by atoms with Gasteiger partial charge in [0.2, 0.25) is 11.9 Å². The molecule has 2 aromatic carbocycles. The van der Waals surface area contributed by atoms with Crippen molar-refractivity contribution < 1.29 is 19.4 Å². The summed E-state index contributed by atoms with van der Waals surface area (Å²) in [5, 5.41) is 15.7. The van der Waals surface area contributed by atoms with Crippen LogP contribution in [0.25, 0.3) is 0 Å². The molecule has 10 nitrogen and oxygen atoms in total. The molecular formula is C24H28N6O4. The predicted molar refractivity (Wildman–Crippen MR) is 128 cm³/mol. The zero-order valence-electron chi connectivity index (χ0n) is 19.3. The summed E-state index contributed by atoms with van der Waals surface area (Å²) < 4.78 is 5.18. The topological polar surface area (TPSA) is 130 Å². The Morgan fingerprint density at radius 3 is 2.35 bits per heavy atom. The summed E-state index contributed by atoms with van der Waals surface area (Å²) in [6.45, 7) is 2.70. The second-order valence-electron chi connectivity index (χ2n) is 7.97. The molecule has 3 aromatic rings. The minimum atomic E-state index is -1.05. The van der Waals surface area contributed by atoms with Crippen molar-refractivity contribution in [3.8, 4) is 5.75 Å². The maximum Gasteiger partial charge on any atom is 0.414 e. The third-order valence-electron chi connectivity index (χ3n) is 5.04. The highest BCUT2D eigenvalue weighted by Crippen LogP contribution is 2.17. The number of carbonyl (C=O) groups is 2. The van der Waals surface area contributed by atoms with Crippen LogP contribution in [-0.2, 0) is 11.2 Å². The number of hydrogen-bond acceptors (Lipinski definition) is 8. The largest absolute Gasteiger partial charge is 0.480 e. The number of anilines is 2. The first-order valence-corrected chi connectivity index (χ1v) is 10.8. The first-order valence-electron chi connectivity index (χ1n) is 10.8. The van der Waals surface area contributed by atoms with Gasteiger partial charge in [-0.1, -0.05) is 49.4 Å². The summed E-state index contributed by atoms with van der Waals surface area (Å²) in [4.78, 5) is 37.3. The lowest BCUT2D eigenvalue weighted by Gasteiger charge is -2.16. The van der Waals surface area contributed by atoms with Crippen molar-refractivity contribution in [1.82, 2.24) is 19.9 Å². The number of amides is 1. The third-order valence-corrected chi connectivity index (χ3v) is 5.04. The highest BCUT2D eigenvalue weighted by atomic mass is 16.6. The van der Waals surface area contributed by atoms with Gasteiger partial charge in [-0.2, -0.15) is 4.98 Å². The average molecular weight is 465 g/mol. The molecule has 0 aliphatic carbocycles. The molecule has 0 aliphatic rings. The first kappa shape index (κ1) is 24.4. The van der Waals surface area contributed by atoms with Crippen LogP contribution in [-0.4, -0.2) is 63.7 Å². The van der Waals surface area contributed by atoms with E-state index in [1.807, 2.05) is 18.2 Å². The molecule has 0 fully saturated rings. The zero-order chi connectivity index (χ0) is 24.5. The van der Waals surface area contributed by atoms with Crippen LogP contribution in [0, 0.1) is 0 Å². The molecule has 1 amide bonds. The molecule has 0 bridgehead atoms. The van der Waals surface area contributed by atoms with Crippen molar-refractivity contribution in [3.63, 3.8) is 0 Å². The monoisotopic (exact) mass is 464 g/mol. The Kier molecular flexibility index (Phi) is 8.33. The molecule has 1 unspecified atom stereocenters. The van der Waals surface area contributed by atoms with E-state index < -0.39 is 18.1 Å². The minimum absolute atomic E-state index is 0.161. The van der Waals surface area contributed by atoms with Gasteiger partial charge in [-0.25, -0.2) is 19.6 Å². The fourth-order valence-electron chi connectivity index (χ4n) is 3.07. The number of rotatable bonds is 10. The standard InChI is InChI=1S/C24H28N6O4/c1-16(18-7-5-4-6-8-18)14-25-22-26-15-27-23(29-22)28-20(21(31)32)13-17-9-11-19(12-10-17)34-24(33)30(2)3/h4-12,15-16,20H,13-14H2,1-3H3,(H,31,32)(H2,25,26,27,28,29)/t16?,20-/m0/s1. The fraction of sp³-hybridized carbons (Fsp3) is 0.292. The summed E-state index contributed by atoms with van der Waals surface area (Å²) in [7, 11) is 3.18. The molecule has 2 atom stereocenters. The van der Waals surface area contributed by atoms with Gasteiger partial charge in [0.05, 0.1) is 0 Å². The smallest absolute Gasteiger partial charge is 0.414 e. The molecule has 0 radical (unpaired) electrons. The van der Waals surface area contributed by atoms with E-state index in [1.54, 1.807) is 38.4 Å². The number of ether oxygens (including phenoxy) is 1. The second kappa shape index (κ2) is 11.6. The molecule has 178 valence electrons. The number of carboxylic acid groups (broad SMARTS) is 1. The summed E-state index contributed by atoms with van der Waals surface area (Å²) in [5.74, 6) is 0.0855. The maximum absolute atomic E-state index is 11.8. The average Bonchev–Trinajstić information content (AvgIpc) is 2.84. The molecule has 0 spiro atoms. The van der Waals surface area contributed by atoms with Crippen LogP contribution < -0.4 is 15.4 Å². The molecule has 1 heterocycles. The molecule has 34 heavy (non-hydrogen) atoms. The van der Waals surface area contributed by atoms with Crippen LogP contribution in [0.1, 0.15) is 24.0 Å². The van der Waals surface area contributed by atoms with Crippen LogP contribution in [0.2, 0.25) is 0 Å². The van der Waals surface area contributed by atoms with Gasteiger partial charge in [-0.05, 0) is 29.2 Å². The molecular weight excluding hydrogens is 436 g/mol. The normalized spacial score (nSPS) is 12.3. The molecule has 0 saturated heterocycles. The number of carboxylic acids is 1. The molecule has 10 heteroatoms. The summed E-state index contributed by atoms with van der Waals surface area (Å²) in [6, 6.07) is 15.8. The summed E-state index contributed by atoms with van der Waals surface area (Å²) in [6.07, 6.45) is 1.02. The van der Waals surface area contributed by atoms with Crippen molar-refractivity contribution >= 4 is 24.0 Å². The van der Waals surface area contributed by atoms with Crippen LogP contribution in [0.15, 0.2) is 60.9 Å². The van der Waals surface area contributed by atoms with Crippen molar-refractivity contribution in [1.29, 1.82) is 0 Å². The predicted octanol–water partition coefficient (Wildman–Crippen LogP) is 3.26. The number of nitrogens with one attached hydrogen (secondary N) is 2. The fourth-order valence-corrected chi connectivity index (χ4v) is 3.07. The molecule has 3 N–H and O–H groups in total. The highest BCUT2D eigenvalue weighted by Gasteiger charge is 2.20. The third kappa shape index (κ3) is 7.16. The molecule has 1 aromatic heterocycles. The van der Waals surface area contributed by atoms with Gasteiger partial charge < -0.3 is 25.4 Å². The van der Waals surface area contributed by atoms with Crippen molar-refractivity contribution in [2.75, 3.05) is 31.3 Å². The molecule has 0 saturated carbocycles. The van der Waals surface area contributed by atoms with E-state index >= 15 is 0 Å². The maximum atomic E-state index is 11.8. The SMILES string of the molecule is CC(CNc1ncnc(N[C@@H](Cc2ccc(OC(=O)N(C)C)cc2)C(=O)O)n1)c1ccccc1. The lowest BCUT2D eigenvalue weighted by atomic mass is 10.0. The highest BCUT2D eigenvalue weighted by molar-refractivity contribution is 5.77. The molecule has 3 rings (SSSR count). The van der Waals surface area contributed by atoms with Gasteiger partial charge in [-0.3, -0.25) is 0 Å². The Morgan fingerprint density at radius 2 is 1.71 bits per heavy atom. The number of benzene rings is 2. The number of carbonyl (C=O) groups excluding carboxylic acids is 1. The van der Waals surface area contributed by atoms with Gasteiger partial charge in [0.25, 0.3) is 0 Å². The Hall–Kier alpha value is -4.21. The van der Waals surface area contributed by atoms with Crippen molar-refractivity contribution in [2.45, 2.75) is 25.3 Å². The van der Waals surface area contributed by atoms with E-state index in [1.165, 1.54) is 16.8 Å². The van der Waals surface area contributed by atoms with E-state index in [4.69, 9.17) is 4.74 Å². The second-order valence-corrected chi connectivity index (χ2v) is 7.97. The van der Waals surface area contributed by atoms with E-state index in [9.17, 15) is 14.7 Å². The minimum Gasteiger partial charge on any atom is -0.480 e. The van der Waals surface area contributed by atoms with Crippen LogP contribution in [0.5, 0.6) is 5.75 Å². The van der Waals surface area contributed by atoms with E-state index in [0.717, 1.165) is 5.56 Å². The van der Waals surface area contributed by atoms with Crippen LogP contribution in [0.3, 0.4) is 0 Å². The molecule has 0 aliphatic heterocycles. The first-order chi connectivity index (χ1) is 16.3. The van der Waals surface area contributed by atoms with Crippen LogP contribution >= 0.6 is 0 Å². The van der Waals surface area contributed by atoms with E-state index in [2.05, 4.69) is 44.6 Å². The van der Waals surface area contributed by atoms with Crippen LogP contribution in [0.4, 0.5) is 16.7 Å². The van der Waals surface area contributed by atoms with Crippen molar-refractivity contribution in [3.05, 3.63) is 72.1 Å². The number of aliphatic carboxylic acids is 1. The number of hydrogen-bond donors (Lipinski definition) is 3. The lowest BCUT2D eigenvalue weighted by molar-refractivity contribution is -0.137. The Morgan fingerprint density at radius 1 is 1.03 bits per heavy atom. The lowest BCUT2D eigenvalue weighted by Crippen LogP contribution is -2.32. The van der Waals surface area contributed by atoms with Gasteiger partial charge in [0, 0.05) is 27.1 Å². The Bertz CT molecular complexity index is 1090. The number of nitrogens with zero attached hydrogens (tertiary/aromatic N) is 4. The summed E-state index contributed by atoms with van der Waals surface area (Å²) >= 11 is 0. The van der Waals surface area contributed by atoms with Crippen molar-refractivity contribution in [2.24, 2.45) is 0 Å². The quantitative estimate of drug-likeness (QED) is 0.414. The van der Waals surface area contributed by atoms with Gasteiger partial charge >= 0.3 is 12.1 Å². The zero-order valence-corrected chi connectivity index (χ0v) is 19.3. The van der Waals surface area contributed by atoms with Gasteiger partial charge in [-0.15, -0.1) is 0 Å². The number of aromatic nitrogens is 3. The van der Waals surface area contributed by atoms with Gasteiger partial charge in [0.1, 0.15) is 18.1 Å². The summed E-state index contributed by atoms with van der Waals surface area (Å²) in [5.41, 5.74) is 1.93. The van der Waals surface area contributed by atoms with E-state index in [-0.39, 0.29) is 18.3 Å². The van der Waals surface area contributed by atoms with E-state index in [0.29, 0.717) is 18.2 Å². The Balaban J connectivity index is 1.60. The Labute approximate surface area is 198 Å².